The van der Waals surface area contributed by atoms with Crippen LogP contribution in [0.3, 0.4) is 0 Å². The van der Waals surface area contributed by atoms with Gasteiger partial charge in [-0.1, -0.05) is 12.1 Å². The van der Waals surface area contributed by atoms with Crippen molar-refractivity contribution in [2.45, 2.75) is 12.2 Å². The van der Waals surface area contributed by atoms with E-state index in [1.807, 2.05) is 6.07 Å². The summed E-state index contributed by atoms with van der Waals surface area (Å²) < 4.78 is 12.8. The molecule has 5 heteroatoms. The van der Waals surface area contributed by atoms with E-state index in [1.165, 1.54) is 12.1 Å². The van der Waals surface area contributed by atoms with Crippen LogP contribution in [0.4, 0.5) is 4.39 Å². The molecule has 3 N–H and O–H groups in total. The molecule has 1 aromatic rings. The predicted molar refractivity (Wildman–Crippen MR) is 59.5 cm³/mol. The zero-order valence-electron chi connectivity index (χ0n) is 8.20. The van der Waals surface area contributed by atoms with Gasteiger partial charge >= 0.3 is 0 Å². The standard InChI is InChI=1S/C10H13FN2OS/c11-9-3-1-2-8(6-9)7-15-5-4-10(14)13-12/h1-3,6H,4-5,7,12H2,(H,13,14). The molecule has 0 aromatic heterocycles. The van der Waals surface area contributed by atoms with Crippen molar-refractivity contribution in [3.8, 4) is 0 Å². The second kappa shape index (κ2) is 6.42. The van der Waals surface area contributed by atoms with Crippen LogP contribution in [0.1, 0.15) is 12.0 Å². The summed E-state index contributed by atoms with van der Waals surface area (Å²) in [4.78, 5) is 10.8. The summed E-state index contributed by atoms with van der Waals surface area (Å²) in [7, 11) is 0. The highest BCUT2D eigenvalue weighted by molar-refractivity contribution is 7.98. The highest BCUT2D eigenvalue weighted by Crippen LogP contribution is 2.13. The van der Waals surface area contributed by atoms with E-state index in [2.05, 4.69) is 5.43 Å². The number of nitrogens with one attached hydrogen (secondary N) is 1. The molecule has 0 aliphatic heterocycles. The number of rotatable bonds is 5. The molecule has 1 aromatic carbocycles. The van der Waals surface area contributed by atoms with E-state index in [0.717, 1.165) is 5.56 Å². The molecule has 0 atom stereocenters. The van der Waals surface area contributed by atoms with Gasteiger partial charge in [-0.3, -0.25) is 10.2 Å². The van der Waals surface area contributed by atoms with Gasteiger partial charge in [0.05, 0.1) is 0 Å². The van der Waals surface area contributed by atoms with Gasteiger partial charge in [0.1, 0.15) is 5.82 Å². The van der Waals surface area contributed by atoms with Crippen LogP contribution in [-0.4, -0.2) is 11.7 Å². The average molecular weight is 228 g/mol. The quantitative estimate of drug-likeness (QED) is 0.347. The molecule has 0 spiro atoms. The third-order valence-corrected chi connectivity index (χ3v) is 2.82. The molecule has 0 fully saturated rings. The van der Waals surface area contributed by atoms with E-state index in [9.17, 15) is 9.18 Å². The van der Waals surface area contributed by atoms with Crippen LogP contribution in [0.5, 0.6) is 0 Å². The van der Waals surface area contributed by atoms with Crippen LogP contribution < -0.4 is 11.3 Å². The largest absolute Gasteiger partial charge is 0.294 e. The van der Waals surface area contributed by atoms with Crippen LogP contribution in [0, 0.1) is 5.82 Å². The maximum Gasteiger partial charge on any atom is 0.234 e. The van der Waals surface area contributed by atoms with Crippen LogP contribution in [0.2, 0.25) is 0 Å². The Morgan fingerprint density at radius 3 is 3.00 bits per heavy atom. The zero-order chi connectivity index (χ0) is 11.1. The second-order valence-corrected chi connectivity index (χ2v) is 4.11. The smallest absolute Gasteiger partial charge is 0.234 e. The Morgan fingerprint density at radius 2 is 2.33 bits per heavy atom. The molecular weight excluding hydrogens is 215 g/mol. The van der Waals surface area contributed by atoms with Crippen LogP contribution in [0.25, 0.3) is 0 Å². The van der Waals surface area contributed by atoms with Crippen molar-refractivity contribution in [3.63, 3.8) is 0 Å². The fourth-order valence-corrected chi connectivity index (χ4v) is 1.94. The number of carbonyl (C=O) groups is 1. The number of hydrogen-bond acceptors (Lipinski definition) is 3. The van der Waals surface area contributed by atoms with Crippen LogP contribution in [0.15, 0.2) is 24.3 Å². The number of benzene rings is 1. The van der Waals surface area contributed by atoms with Gasteiger partial charge in [-0.05, 0) is 17.7 Å². The molecule has 0 saturated carbocycles. The first-order valence-electron chi connectivity index (χ1n) is 4.54. The van der Waals surface area contributed by atoms with Crippen molar-refractivity contribution in [1.29, 1.82) is 0 Å². The Balaban J connectivity index is 2.23. The Kier molecular flexibility index (Phi) is 5.14. The normalized spacial score (nSPS) is 10.0. The third kappa shape index (κ3) is 4.80. The zero-order valence-corrected chi connectivity index (χ0v) is 9.02. The minimum atomic E-state index is -0.229. The molecule has 0 bridgehead atoms. The second-order valence-electron chi connectivity index (χ2n) is 3.00. The number of nitrogens with two attached hydrogens (primary N) is 1. The van der Waals surface area contributed by atoms with Gasteiger partial charge in [-0.15, -0.1) is 0 Å². The summed E-state index contributed by atoms with van der Waals surface area (Å²) in [6.45, 7) is 0. The number of thioether (sulfide) groups is 1. The summed E-state index contributed by atoms with van der Waals surface area (Å²) >= 11 is 1.58. The van der Waals surface area contributed by atoms with E-state index >= 15 is 0 Å². The Morgan fingerprint density at radius 1 is 1.53 bits per heavy atom. The van der Waals surface area contributed by atoms with E-state index in [1.54, 1.807) is 17.8 Å². The lowest BCUT2D eigenvalue weighted by molar-refractivity contribution is -0.120. The van der Waals surface area contributed by atoms with E-state index in [0.29, 0.717) is 17.9 Å². The lowest BCUT2D eigenvalue weighted by Crippen LogP contribution is -2.30. The SMILES string of the molecule is NNC(=O)CCSCc1cccc(F)c1. The summed E-state index contributed by atoms with van der Waals surface area (Å²) in [6, 6.07) is 6.45. The van der Waals surface area contributed by atoms with Gasteiger partial charge in [-0.25, -0.2) is 10.2 Å². The highest BCUT2D eigenvalue weighted by atomic mass is 32.2. The minimum Gasteiger partial charge on any atom is -0.294 e. The minimum absolute atomic E-state index is 0.179. The van der Waals surface area contributed by atoms with Crippen molar-refractivity contribution >= 4 is 17.7 Å². The van der Waals surface area contributed by atoms with Gasteiger partial charge in [0.15, 0.2) is 0 Å². The monoisotopic (exact) mass is 228 g/mol. The third-order valence-electron chi connectivity index (χ3n) is 1.79. The number of hydrogen-bond donors (Lipinski definition) is 2. The van der Waals surface area contributed by atoms with E-state index < -0.39 is 0 Å². The van der Waals surface area contributed by atoms with Crippen LogP contribution >= 0.6 is 11.8 Å². The van der Waals surface area contributed by atoms with Crippen molar-refractivity contribution in [2.75, 3.05) is 5.75 Å². The summed E-state index contributed by atoms with van der Waals surface area (Å²) in [5.74, 6) is 5.90. The summed E-state index contributed by atoms with van der Waals surface area (Å²) in [6.07, 6.45) is 0.385. The molecule has 0 aliphatic carbocycles. The van der Waals surface area contributed by atoms with Gasteiger partial charge in [-0.2, -0.15) is 11.8 Å². The fraction of sp³-hybridized carbons (Fsp3) is 0.300. The molecule has 0 aliphatic rings. The van der Waals surface area contributed by atoms with Gasteiger partial charge < -0.3 is 0 Å². The molecule has 0 heterocycles. The number of halogens is 1. The molecule has 1 rings (SSSR count). The molecule has 1 amide bonds. The molecule has 0 saturated heterocycles. The average Bonchev–Trinajstić information content (AvgIpc) is 2.24. The molecule has 0 unspecified atom stereocenters. The molecular formula is C10H13FN2OS. The number of carbonyl (C=O) groups excluding carboxylic acids is 1. The highest BCUT2D eigenvalue weighted by Gasteiger charge is 1.99. The van der Waals surface area contributed by atoms with Crippen molar-refractivity contribution in [1.82, 2.24) is 5.43 Å². The number of hydrazine groups is 1. The summed E-state index contributed by atoms with van der Waals surface area (Å²) in [5, 5.41) is 0. The molecule has 3 nitrogen and oxygen atoms in total. The molecule has 15 heavy (non-hydrogen) atoms. The van der Waals surface area contributed by atoms with Crippen molar-refractivity contribution in [3.05, 3.63) is 35.6 Å². The van der Waals surface area contributed by atoms with Crippen molar-refractivity contribution < 1.29 is 9.18 Å². The van der Waals surface area contributed by atoms with Crippen molar-refractivity contribution in [2.24, 2.45) is 5.84 Å². The molecule has 82 valence electrons. The van der Waals surface area contributed by atoms with Gasteiger partial charge in [0.25, 0.3) is 0 Å². The van der Waals surface area contributed by atoms with E-state index in [-0.39, 0.29) is 11.7 Å². The van der Waals surface area contributed by atoms with Gasteiger partial charge in [0.2, 0.25) is 5.91 Å². The Labute approximate surface area is 92.2 Å². The number of amides is 1. The maximum absolute atomic E-state index is 12.8. The first-order chi connectivity index (χ1) is 7.22. The van der Waals surface area contributed by atoms with E-state index in [4.69, 9.17) is 5.84 Å². The molecule has 0 radical (unpaired) electrons. The maximum atomic E-state index is 12.8. The Hall–Kier alpha value is -1.07. The predicted octanol–water partition coefficient (Wildman–Crippen LogP) is 1.44. The lowest BCUT2D eigenvalue weighted by Gasteiger charge is -2.01. The summed E-state index contributed by atoms with van der Waals surface area (Å²) in [5.41, 5.74) is 2.98. The Bertz CT molecular complexity index is 333. The first kappa shape index (κ1) is 12.0. The van der Waals surface area contributed by atoms with Gasteiger partial charge in [0, 0.05) is 17.9 Å². The first-order valence-corrected chi connectivity index (χ1v) is 5.69. The van der Waals surface area contributed by atoms with Crippen LogP contribution in [-0.2, 0) is 10.5 Å². The fourth-order valence-electron chi connectivity index (χ4n) is 1.05. The lowest BCUT2D eigenvalue weighted by atomic mass is 10.2. The topological polar surface area (TPSA) is 55.1 Å².